The second-order valence-electron chi connectivity index (χ2n) is 8.69. The Hall–Kier alpha value is -1.02. The maximum Gasteiger partial charge on any atom is 0.115 e. The van der Waals surface area contributed by atoms with Crippen molar-refractivity contribution in [2.24, 2.45) is 11.8 Å². The van der Waals surface area contributed by atoms with Crippen LogP contribution in [0.3, 0.4) is 0 Å². The Bertz CT molecular complexity index is 622. The summed E-state index contributed by atoms with van der Waals surface area (Å²) in [5.74, 6) is 2.25. The average molecular weight is 311 g/mol. The summed E-state index contributed by atoms with van der Waals surface area (Å²) in [5.41, 5.74) is 3.41. The van der Waals surface area contributed by atoms with E-state index in [4.69, 9.17) is 0 Å². The molecular weight excluding hydrogens is 282 g/mol. The van der Waals surface area contributed by atoms with Gasteiger partial charge in [-0.25, -0.2) is 0 Å². The molecule has 0 aromatic heterocycles. The molecule has 4 aliphatic rings. The summed E-state index contributed by atoms with van der Waals surface area (Å²) in [6.45, 7) is 3.76. The molecule has 2 nitrogen and oxygen atoms in total. The summed E-state index contributed by atoms with van der Waals surface area (Å²) in [4.78, 5) is 2.89. The van der Waals surface area contributed by atoms with E-state index in [9.17, 15) is 5.11 Å². The van der Waals surface area contributed by atoms with Crippen molar-refractivity contribution in [1.29, 1.82) is 0 Å². The molecule has 2 saturated carbocycles. The van der Waals surface area contributed by atoms with Crippen molar-refractivity contribution in [3.05, 3.63) is 29.3 Å². The number of benzene rings is 1. The molecule has 1 unspecified atom stereocenters. The van der Waals surface area contributed by atoms with Crippen molar-refractivity contribution in [1.82, 2.24) is 4.90 Å². The van der Waals surface area contributed by atoms with Gasteiger partial charge in [0.25, 0.3) is 0 Å². The van der Waals surface area contributed by atoms with Gasteiger partial charge in [0.2, 0.25) is 0 Å². The molecule has 1 aliphatic heterocycles. The fourth-order valence-corrected chi connectivity index (χ4v) is 6.38. The van der Waals surface area contributed by atoms with Gasteiger partial charge < -0.3 is 5.11 Å². The summed E-state index contributed by atoms with van der Waals surface area (Å²) in [5, 5.41) is 10.1. The van der Waals surface area contributed by atoms with Crippen LogP contribution in [-0.2, 0) is 11.8 Å². The molecule has 3 fully saturated rings. The van der Waals surface area contributed by atoms with Crippen LogP contribution >= 0.6 is 0 Å². The van der Waals surface area contributed by atoms with Gasteiger partial charge in [0, 0.05) is 17.5 Å². The van der Waals surface area contributed by atoms with Gasteiger partial charge >= 0.3 is 0 Å². The van der Waals surface area contributed by atoms with Crippen LogP contribution in [0.15, 0.2) is 18.2 Å². The lowest BCUT2D eigenvalue weighted by molar-refractivity contribution is -0.0343. The van der Waals surface area contributed by atoms with Gasteiger partial charge in [-0.05, 0) is 87.1 Å². The van der Waals surface area contributed by atoms with E-state index >= 15 is 0 Å². The highest BCUT2D eigenvalue weighted by Gasteiger charge is 2.55. The Morgan fingerprint density at radius 2 is 2.04 bits per heavy atom. The molecule has 5 rings (SSSR count). The maximum absolute atomic E-state index is 10.1. The number of rotatable bonds is 2. The summed E-state index contributed by atoms with van der Waals surface area (Å²) < 4.78 is 0. The van der Waals surface area contributed by atoms with Crippen molar-refractivity contribution in [3.63, 3.8) is 0 Å². The Morgan fingerprint density at radius 1 is 1.17 bits per heavy atom. The number of phenolic OH excluding ortho intramolecular Hbond substituents is 1. The normalized spacial score (nSPS) is 37.8. The molecule has 23 heavy (non-hydrogen) atoms. The quantitative estimate of drug-likeness (QED) is 0.882. The molecule has 3 aliphatic carbocycles. The molecule has 0 spiro atoms. The first kappa shape index (κ1) is 14.3. The molecule has 1 aromatic carbocycles. The predicted octanol–water partition coefficient (Wildman–Crippen LogP) is 4.25. The van der Waals surface area contributed by atoms with Gasteiger partial charge in [0.05, 0.1) is 0 Å². The average Bonchev–Trinajstić information content (AvgIpc) is 3.40. The van der Waals surface area contributed by atoms with Crippen LogP contribution in [0.1, 0.15) is 63.0 Å². The minimum Gasteiger partial charge on any atom is -0.508 e. The van der Waals surface area contributed by atoms with E-state index in [1.807, 2.05) is 6.07 Å². The Morgan fingerprint density at radius 3 is 2.87 bits per heavy atom. The first-order valence-corrected chi connectivity index (χ1v) is 9.77. The van der Waals surface area contributed by atoms with Crippen molar-refractivity contribution >= 4 is 0 Å². The van der Waals surface area contributed by atoms with Gasteiger partial charge in [0.15, 0.2) is 0 Å². The highest BCUT2D eigenvalue weighted by atomic mass is 16.3. The molecule has 1 saturated heterocycles. The molecule has 0 amide bonds. The van der Waals surface area contributed by atoms with Gasteiger partial charge in [-0.15, -0.1) is 0 Å². The second kappa shape index (κ2) is 4.99. The number of hydrogen-bond donors (Lipinski definition) is 1. The Balaban J connectivity index is 1.59. The molecular formula is C21H29NO. The number of likely N-dealkylation sites (tertiary alicyclic amines) is 1. The van der Waals surface area contributed by atoms with E-state index in [-0.39, 0.29) is 0 Å². The van der Waals surface area contributed by atoms with Crippen LogP contribution in [0.2, 0.25) is 0 Å². The lowest BCUT2D eigenvalue weighted by atomic mass is 9.52. The number of phenols is 1. The third-order valence-corrected chi connectivity index (χ3v) is 7.69. The van der Waals surface area contributed by atoms with Gasteiger partial charge in [-0.2, -0.15) is 0 Å². The molecule has 124 valence electrons. The zero-order chi connectivity index (χ0) is 15.6. The van der Waals surface area contributed by atoms with Gasteiger partial charge in [0.1, 0.15) is 5.75 Å². The largest absolute Gasteiger partial charge is 0.508 e. The SMILES string of the molecule is C[C@H](C1CC1)N1CCC23CCCC[C@H]2[C@H]1Cc1ccc(O)cc13. The first-order valence-electron chi connectivity index (χ1n) is 9.77. The van der Waals surface area contributed by atoms with Crippen LogP contribution in [-0.4, -0.2) is 28.6 Å². The molecule has 4 atom stereocenters. The van der Waals surface area contributed by atoms with Crippen molar-refractivity contribution in [2.45, 2.75) is 75.8 Å². The Kier molecular flexibility index (Phi) is 3.11. The van der Waals surface area contributed by atoms with E-state index in [2.05, 4.69) is 24.0 Å². The summed E-state index contributed by atoms with van der Waals surface area (Å²) in [6, 6.07) is 7.76. The van der Waals surface area contributed by atoms with Crippen LogP contribution in [0.5, 0.6) is 5.75 Å². The van der Waals surface area contributed by atoms with Crippen molar-refractivity contribution < 1.29 is 5.11 Å². The number of piperidine rings is 1. The van der Waals surface area contributed by atoms with Gasteiger partial charge in [-0.3, -0.25) is 4.90 Å². The smallest absolute Gasteiger partial charge is 0.115 e. The maximum atomic E-state index is 10.1. The zero-order valence-electron chi connectivity index (χ0n) is 14.3. The van der Waals surface area contributed by atoms with Crippen LogP contribution in [0.25, 0.3) is 0 Å². The van der Waals surface area contributed by atoms with Crippen molar-refractivity contribution in [2.75, 3.05) is 6.54 Å². The van der Waals surface area contributed by atoms with Gasteiger partial charge in [-0.1, -0.05) is 18.9 Å². The van der Waals surface area contributed by atoms with E-state index in [1.54, 1.807) is 0 Å². The first-order chi connectivity index (χ1) is 11.2. The standard InChI is InChI=1S/C21H29NO/c1-14(15-5-6-15)22-11-10-21-9-3-2-4-18(21)20(22)12-16-7-8-17(23)13-19(16)21/h7-8,13-15,18,20,23H,2-6,9-12H2,1H3/t14-,18+,20-,21?/m1/s1. The van der Waals surface area contributed by atoms with Crippen LogP contribution in [0.4, 0.5) is 0 Å². The van der Waals surface area contributed by atoms with E-state index in [1.165, 1.54) is 69.0 Å². The minimum atomic E-state index is 0.370. The second-order valence-corrected chi connectivity index (χ2v) is 8.69. The van der Waals surface area contributed by atoms with E-state index in [0.29, 0.717) is 11.2 Å². The highest BCUT2D eigenvalue weighted by Crippen LogP contribution is 2.57. The Labute approximate surface area is 139 Å². The fraction of sp³-hybridized carbons (Fsp3) is 0.714. The molecule has 2 heteroatoms. The summed E-state index contributed by atoms with van der Waals surface area (Å²) in [7, 11) is 0. The predicted molar refractivity (Wildman–Crippen MR) is 92.7 cm³/mol. The van der Waals surface area contributed by atoms with E-state index in [0.717, 1.165) is 23.9 Å². The molecule has 1 N–H and O–H groups in total. The molecule has 0 radical (unpaired) electrons. The molecule has 1 aromatic rings. The topological polar surface area (TPSA) is 23.5 Å². The minimum absolute atomic E-state index is 0.370. The van der Waals surface area contributed by atoms with Crippen LogP contribution in [0, 0.1) is 11.8 Å². The number of fused-ring (bicyclic) bond motifs is 1. The van der Waals surface area contributed by atoms with Crippen molar-refractivity contribution in [3.8, 4) is 5.75 Å². The number of aromatic hydroxyl groups is 1. The monoisotopic (exact) mass is 311 g/mol. The third-order valence-electron chi connectivity index (χ3n) is 7.69. The van der Waals surface area contributed by atoms with E-state index < -0.39 is 0 Å². The summed E-state index contributed by atoms with van der Waals surface area (Å²) in [6.07, 6.45) is 10.9. The summed E-state index contributed by atoms with van der Waals surface area (Å²) >= 11 is 0. The number of hydrogen-bond acceptors (Lipinski definition) is 2. The van der Waals surface area contributed by atoms with Crippen LogP contribution < -0.4 is 0 Å². The fourth-order valence-electron chi connectivity index (χ4n) is 6.38. The lowest BCUT2D eigenvalue weighted by Gasteiger charge is -2.60. The molecule has 2 bridgehead atoms. The number of nitrogens with zero attached hydrogens (tertiary/aromatic N) is 1. The molecule has 1 heterocycles. The zero-order valence-corrected chi connectivity index (χ0v) is 14.3. The lowest BCUT2D eigenvalue weighted by Crippen LogP contribution is -2.62. The third kappa shape index (κ3) is 2.03. The highest BCUT2D eigenvalue weighted by molar-refractivity contribution is 5.45.